The van der Waals surface area contributed by atoms with E-state index in [0.29, 0.717) is 26.1 Å². The largest absolute Gasteiger partial charge is 0.349 e. The molecule has 0 fully saturated rings. The molecule has 0 atom stereocenters. The Morgan fingerprint density at radius 1 is 0.947 bits per heavy atom. The third-order valence-electron chi connectivity index (χ3n) is 2.49. The zero-order valence-electron chi connectivity index (χ0n) is 12.3. The van der Waals surface area contributed by atoms with Crippen molar-refractivity contribution in [1.82, 2.24) is 0 Å². The molecule has 0 aliphatic carbocycles. The molecule has 0 spiro atoms. The summed E-state index contributed by atoms with van der Waals surface area (Å²) in [6.45, 7) is 5.39. The van der Waals surface area contributed by atoms with E-state index < -0.39 is 0 Å². The van der Waals surface area contributed by atoms with Crippen molar-refractivity contribution in [2.75, 3.05) is 13.2 Å². The highest BCUT2D eigenvalue weighted by Crippen LogP contribution is 2.05. The van der Waals surface area contributed by atoms with E-state index in [1.54, 1.807) is 0 Å². The average Bonchev–Trinajstić information content (AvgIpc) is 2.43. The van der Waals surface area contributed by atoms with Crippen LogP contribution >= 0.6 is 0 Å². The van der Waals surface area contributed by atoms with Crippen LogP contribution in [0, 0.1) is 11.3 Å². The lowest BCUT2D eigenvalue weighted by Crippen LogP contribution is -2.17. The Balaban J connectivity index is 3.84. The third kappa shape index (κ3) is 13.1. The molecule has 0 N–H and O–H groups in total. The highest BCUT2D eigenvalue weighted by atomic mass is 16.7. The summed E-state index contributed by atoms with van der Waals surface area (Å²) in [4.78, 5) is 0. The van der Waals surface area contributed by atoms with Gasteiger partial charge in [-0.15, -0.1) is 0 Å². The first kappa shape index (κ1) is 17.9. The molecule has 0 aliphatic heterocycles. The first-order chi connectivity index (χ1) is 9.35. The quantitative estimate of drug-likeness (QED) is 0.389. The van der Waals surface area contributed by atoms with Crippen molar-refractivity contribution in [2.24, 2.45) is 0 Å². The summed E-state index contributed by atoms with van der Waals surface area (Å²) < 4.78 is 11.2. The predicted octanol–water partition coefficient (Wildman–Crippen LogP) is 4.36. The van der Waals surface area contributed by atoms with E-state index >= 15 is 0 Å². The topological polar surface area (TPSA) is 42.2 Å². The molecule has 108 valence electrons. The lowest BCUT2D eigenvalue weighted by molar-refractivity contribution is -0.129. The van der Waals surface area contributed by atoms with E-state index in [0.717, 1.165) is 25.7 Å². The first-order valence-electron chi connectivity index (χ1n) is 7.25. The minimum Gasteiger partial charge on any atom is -0.349 e. The molecule has 0 amide bonds. The van der Waals surface area contributed by atoms with E-state index in [-0.39, 0.29) is 6.29 Å². The number of rotatable bonds is 12. The lowest BCUT2D eigenvalue weighted by atomic mass is 10.3. The van der Waals surface area contributed by atoms with Gasteiger partial charge in [0.2, 0.25) is 0 Å². The van der Waals surface area contributed by atoms with Gasteiger partial charge in [0.1, 0.15) is 0 Å². The molecule has 0 aromatic rings. The molecule has 0 radical (unpaired) electrons. The van der Waals surface area contributed by atoms with Gasteiger partial charge >= 0.3 is 0 Å². The van der Waals surface area contributed by atoms with Crippen molar-refractivity contribution < 1.29 is 9.47 Å². The molecular formula is C16H27NO2. The van der Waals surface area contributed by atoms with E-state index in [4.69, 9.17) is 14.7 Å². The maximum absolute atomic E-state index is 8.61. The van der Waals surface area contributed by atoms with Crippen LogP contribution in [0.5, 0.6) is 0 Å². The van der Waals surface area contributed by atoms with Crippen LogP contribution in [0.1, 0.15) is 52.4 Å². The summed E-state index contributed by atoms with van der Waals surface area (Å²) in [5.74, 6) is 0. The van der Waals surface area contributed by atoms with Crippen LogP contribution in [-0.2, 0) is 9.47 Å². The number of nitrogens with zero attached hydrogens (tertiary/aromatic N) is 1. The fourth-order valence-electron chi connectivity index (χ4n) is 1.43. The van der Waals surface area contributed by atoms with Gasteiger partial charge in [-0.3, -0.25) is 0 Å². The molecular weight excluding hydrogens is 238 g/mol. The number of unbranched alkanes of at least 4 members (excludes halogenated alkanes) is 2. The monoisotopic (exact) mass is 265 g/mol. The van der Waals surface area contributed by atoms with Gasteiger partial charge in [0.25, 0.3) is 0 Å². The van der Waals surface area contributed by atoms with Crippen molar-refractivity contribution >= 4 is 0 Å². The molecule has 0 rings (SSSR count). The number of nitriles is 1. The van der Waals surface area contributed by atoms with Crippen LogP contribution < -0.4 is 0 Å². The second kappa shape index (κ2) is 14.9. The summed E-state index contributed by atoms with van der Waals surface area (Å²) in [5.41, 5.74) is 0. The summed E-state index contributed by atoms with van der Waals surface area (Å²) >= 11 is 0. The van der Waals surface area contributed by atoms with Gasteiger partial charge in [-0.2, -0.15) is 5.26 Å². The zero-order chi connectivity index (χ0) is 14.2. The zero-order valence-corrected chi connectivity index (χ0v) is 12.3. The maximum Gasteiger partial charge on any atom is 0.159 e. The molecule has 0 aromatic heterocycles. The second-order valence-corrected chi connectivity index (χ2v) is 4.31. The van der Waals surface area contributed by atoms with Crippen molar-refractivity contribution in [3.63, 3.8) is 0 Å². The van der Waals surface area contributed by atoms with Gasteiger partial charge in [0, 0.05) is 12.8 Å². The van der Waals surface area contributed by atoms with E-state index in [1.807, 2.05) is 12.2 Å². The van der Waals surface area contributed by atoms with Crippen molar-refractivity contribution in [3.8, 4) is 6.07 Å². The van der Waals surface area contributed by atoms with E-state index in [9.17, 15) is 0 Å². The smallest absolute Gasteiger partial charge is 0.159 e. The standard InChI is InChI=1S/C16H27NO2/c1-3-5-7-9-14-18-16(12-11-13-17)19-15-10-8-6-4-2/h7-10,16H,3-6,11-12,14-15H2,1-2H3/b9-7+,10-8+. The predicted molar refractivity (Wildman–Crippen MR) is 78.6 cm³/mol. The number of allylic oxidation sites excluding steroid dienone is 2. The minimum atomic E-state index is -0.280. The van der Waals surface area contributed by atoms with Gasteiger partial charge in [0.15, 0.2) is 6.29 Å². The van der Waals surface area contributed by atoms with Crippen LogP contribution in [0.15, 0.2) is 24.3 Å². The Bertz CT molecular complexity index is 259. The fraction of sp³-hybridized carbons (Fsp3) is 0.688. The lowest BCUT2D eigenvalue weighted by Gasteiger charge is -2.15. The van der Waals surface area contributed by atoms with Gasteiger partial charge in [-0.1, -0.05) is 51.0 Å². The molecule has 19 heavy (non-hydrogen) atoms. The summed E-state index contributed by atoms with van der Waals surface area (Å²) in [6, 6.07) is 2.12. The number of ether oxygens (including phenoxy) is 2. The molecule has 0 heterocycles. The Labute approximate surface area is 117 Å². The Kier molecular flexibility index (Phi) is 14.1. The first-order valence-corrected chi connectivity index (χ1v) is 7.25. The number of hydrogen-bond donors (Lipinski definition) is 0. The Hall–Kier alpha value is -1.11. The highest BCUT2D eigenvalue weighted by molar-refractivity contribution is 4.82. The second-order valence-electron chi connectivity index (χ2n) is 4.31. The van der Waals surface area contributed by atoms with Crippen LogP contribution in [0.2, 0.25) is 0 Å². The SMILES string of the molecule is CCC/C=C/COC(CCC#N)OC/C=C/CCC. The minimum absolute atomic E-state index is 0.280. The average molecular weight is 265 g/mol. The van der Waals surface area contributed by atoms with Gasteiger partial charge in [0.05, 0.1) is 19.3 Å². The molecule has 0 aliphatic rings. The molecule has 0 unspecified atom stereocenters. The molecule has 3 nitrogen and oxygen atoms in total. The summed E-state index contributed by atoms with van der Waals surface area (Å²) in [7, 11) is 0. The number of hydrogen-bond acceptors (Lipinski definition) is 3. The van der Waals surface area contributed by atoms with Crippen molar-refractivity contribution in [1.29, 1.82) is 5.26 Å². The molecule has 3 heteroatoms. The Morgan fingerprint density at radius 2 is 1.47 bits per heavy atom. The van der Waals surface area contributed by atoms with Crippen LogP contribution in [0.3, 0.4) is 0 Å². The molecule has 0 saturated carbocycles. The van der Waals surface area contributed by atoms with E-state index in [2.05, 4.69) is 32.1 Å². The van der Waals surface area contributed by atoms with Crippen LogP contribution in [0.4, 0.5) is 0 Å². The normalized spacial score (nSPS) is 11.7. The van der Waals surface area contributed by atoms with Crippen LogP contribution in [0.25, 0.3) is 0 Å². The fourth-order valence-corrected chi connectivity index (χ4v) is 1.43. The van der Waals surface area contributed by atoms with E-state index in [1.165, 1.54) is 0 Å². The van der Waals surface area contributed by atoms with Crippen molar-refractivity contribution in [2.45, 2.75) is 58.7 Å². The van der Waals surface area contributed by atoms with Crippen molar-refractivity contribution in [3.05, 3.63) is 24.3 Å². The molecule has 0 aromatic carbocycles. The molecule has 0 saturated heterocycles. The van der Waals surface area contributed by atoms with Gasteiger partial charge in [-0.25, -0.2) is 0 Å². The summed E-state index contributed by atoms with van der Waals surface area (Å²) in [5, 5.41) is 8.61. The van der Waals surface area contributed by atoms with Crippen LogP contribution in [-0.4, -0.2) is 19.5 Å². The van der Waals surface area contributed by atoms with Gasteiger partial charge in [-0.05, 0) is 12.8 Å². The van der Waals surface area contributed by atoms with Gasteiger partial charge < -0.3 is 9.47 Å². The summed E-state index contributed by atoms with van der Waals surface area (Å²) in [6.07, 6.45) is 13.5. The molecule has 0 bridgehead atoms. The third-order valence-corrected chi connectivity index (χ3v) is 2.49. The highest BCUT2D eigenvalue weighted by Gasteiger charge is 2.07. The Morgan fingerprint density at radius 3 is 1.89 bits per heavy atom. The maximum atomic E-state index is 8.61.